The second-order valence-electron chi connectivity index (χ2n) is 5.21. The Balaban J connectivity index is 1.86. The van der Waals surface area contributed by atoms with Crippen molar-refractivity contribution < 1.29 is 9.59 Å². The van der Waals surface area contributed by atoms with Gasteiger partial charge in [0.15, 0.2) is 0 Å². The fraction of sp³-hybridized carbons (Fsp3) is 0.467. The number of carbonyl (C=O) groups is 2. The summed E-state index contributed by atoms with van der Waals surface area (Å²) in [5.74, 6) is -0.0747. The third-order valence-electron chi connectivity index (χ3n) is 3.87. The van der Waals surface area contributed by atoms with Crippen molar-refractivity contribution in [3.63, 3.8) is 0 Å². The fourth-order valence-corrected chi connectivity index (χ4v) is 2.86. The molecular weight excluding hydrogens is 240 g/mol. The molecule has 1 N–H and O–H groups in total. The van der Waals surface area contributed by atoms with Crippen molar-refractivity contribution in [1.82, 2.24) is 4.90 Å². The van der Waals surface area contributed by atoms with Gasteiger partial charge in [-0.1, -0.05) is 18.2 Å². The Hall–Kier alpha value is -1.84. The van der Waals surface area contributed by atoms with Gasteiger partial charge in [0.2, 0.25) is 11.8 Å². The molecule has 100 valence electrons. The molecule has 0 saturated carbocycles. The number of hydrogen-bond donors (Lipinski definition) is 1. The molecule has 4 heteroatoms. The zero-order chi connectivity index (χ0) is 13.2. The summed E-state index contributed by atoms with van der Waals surface area (Å²) in [6.07, 6.45) is 3.89. The largest absolute Gasteiger partial charge is 0.385 e. The van der Waals surface area contributed by atoms with Crippen LogP contribution in [0.3, 0.4) is 0 Å². The van der Waals surface area contributed by atoms with E-state index in [0.29, 0.717) is 25.8 Å². The molecule has 0 radical (unpaired) electrons. The molecule has 2 amide bonds. The van der Waals surface area contributed by atoms with Gasteiger partial charge in [-0.15, -0.1) is 0 Å². The quantitative estimate of drug-likeness (QED) is 0.826. The molecule has 3 rings (SSSR count). The molecule has 0 aromatic heterocycles. The lowest BCUT2D eigenvalue weighted by molar-refractivity contribution is -0.148. The molecule has 0 spiro atoms. The zero-order valence-corrected chi connectivity index (χ0v) is 10.9. The highest BCUT2D eigenvalue weighted by Crippen LogP contribution is 2.28. The summed E-state index contributed by atoms with van der Waals surface area (Å²) in [6, 6.07) is 6.14. The average Bonchev–Trinajstić information content (AvgIpc) is 2.43. The predicted octanol–water partition coefficient (Wildman–Crippen LogP) is 2.08. The van der Waals surface area contributed by atoms with Gasteiger partial charge in [-0.2, -0.15) is 0 Å². The lowest BCUT2D eigenvalue weighted by Crippen LogP contribution is -2.39. The second kappa shape index (κ2) is 5.03. The van der Waals surface area contributed by atoms with Crippen molar-refractivity contribution in [3.05, 3.63) is 29.3 Å². The number of fused-ring (bicyclic) bond motifs is 1. The Morgan fingerprint density at radius 3 is 2.63 bits per heavy atom. The van der Waals surface area contributed by atoms with Crippen LogP contribution in [0.2, 0.25) is 0 Å². The number of hydrogen-bond acceptors (Lipinski definition) is 3. The highest BCUT2D eigenvalue weighted by molar-refractivity contribution is 5.97. The van der Waals surface area contributed by atoms with Crippen LogP contribution in [0.15, 0.2) is 18.2 Å². The average molecular weight is 258 g/mol. The third-order valence-corrected chi connectivity index (χ3v) is 3.87. The van der Waals surface area contributed by atoms with Crippen molar-refractivity contribution in [2.45, 2.75) is 38.6 Å². The number of likely N-dealkylation sites (tertiary alicyclic amines) is 1. The van der Waals surface area contributed by atoms with Crippen molar-refractivity contribution in [2.24, 2.45) is 0 Å². The van der Waals surface area contributed by atoms with Crippen molar-refractivity contribution in [2.75, 3.05) is 11.9 Å². The molecule has 1 aromatic carbocycles. The Morgan fingerprint density at radius 2 is 1.84 bits per heavy atom. The third kappa shape index (κ3) is 2.35. The maximum Gasteiger partial charge on any atom is 0.229 e. The molecule has 2 aliphatic heterocycles. The molecule has 1 saturated heterocycles. The number of amides is 2. The van der Waals surface area contributed by atoms with Crippen LogP contribution < -0.4 is 5.32 Å². The topological polar surface area (TPSA) is 49.4 Å². The normalized spacial score (nSPS) is 19.1. The van der Waals surface area contributed by atoms with E-state index in [0.717, 1.165) is 30.6 Å². The number of anilines is 1. The van der Waals surface area contributed by atoms with Gasteiger partial charge in [-0.3, -0.25) is 14.5 Å². The van der Waals surface area contributed by atoms with Gasteiger partial charge in [-0.25, -0.2) is 0 Å². The first-order chi connectivity index (χ1) is 9.25. The van der Waals surface area contributed by atoms with Gasteiger partial charge in [0, 0.05) is 25.1 Å². The van der Waals surface area contributed by atoms with Gasteiger partial charge >= 0.3 is 0 Å². The van der Waals surface area contributed by atoms with Gasteiger partial charge < -0.3 is 5.32 Å². The summed E-state index contributed by atoms with van der Waals surface area (Å²) in [7, 11) is 0. The first-order valence-electron chi connectivity index (χ1n) is 6.93. The van der Waals surface area contributed by atoms with E-state index in [4.69, 9.17) is 0 Å². The van der Waals surface area contributed by atoms with Gasteiger partial charge in [-0.05, 0) is 30.4 Å². The molecule has 0 unspecified atom stereocenters. The maximum absolute atomic E-state index is 11.9. The number of nitrogens with one attached hydrogen (secondary N) is 1. The van der Waals surface area contributed by atoms with Crippen LogP contribution in [0.4, 0.5) is 5.69 Å². The first kappa shape index (κ1) is 12.2. The minimum Gasteiger partial charge on any atom is -0.385 e. The number of piperidine rings is 1. The smallest absolute Gasteiger partial charge is 0.229 e. The van der Waals surface area contributed by atoms with Crippen molar-refractivity contribution in [1.29, 1.82) is 0 Å². The highest BCUT2D eigenvalue weighted by Gasteiger charge is 2.27. The number of imide groups is 1. The standard InChI is InChI=1S/C15H18N2O2/c18-13-7-2-8-14(19)17(13)10-12-5-1-4-11-6-3-9-16-15(11)12/h1,4-5,16H,2-3,6-10H2. The lowest BCUT2D eigenvalue weighted by Gasteiger charge is -2.27. The van der Waals surface area contributed by atoms with E-state index in [9.17, 15) is 9.59 Å². The SMILES string of the molecule is O=C1CCCC(=O)N1Cc1cccc2c1NCCC2. The van der Waals surface area contributed by atoms with E-state index < -0.39 is 0 Å². The van der Waals surface area contributed by atoms with E-state index in [2.05, 4.69) is 11.4 Å². The Bertz CT molecular complexity index is 509. The molecular formula is C15H18N2O2. The predicted molar refractivity (Wildman–Crippen MR) is 72.7 cm³/mol. The molecule has 0 aliphatic carbocycles. The molecule has 0 bridgehead atoms. The van der Waals surface area contributed by atoms with Crippen LogP contribution >= 0.6 is 0 Å². The Kier molecular flexibility index (Phi) is 3.23. The zero-order valence-electron chi connectivity index (χ0n) is 10.9. The van der Waals surface area contributed by atoms with E-state index in [1.54, 1.807) is 0 Å². The first-order valence-corrected chi connectivity index (χ1v) is 6.93. The van der Waals surface area contributed by atoms with Crippen LogP contribution in [0, 0.1) is 0 Å². The number of para-hydroxylation sites is 1. The number of nitrogens with zero attached hydrogens (tertiary/aromatic N) is 1. The van der Waals surface area contributed by atoms with Crippen molar-refractivity contribution in [3.8, 4) is 0 Å². The summed E-state index contributed by atoms with van der Waals surface area (Å²) in [4.78, 5) is 25.1. The van der Waals surface area contributed by atoms with Gasteiger partial charge in [0.1, 0.15) is 0 Å². The van der Waals surface area contributed by atoms with Gasteiger partial charge in [0.25, 0.3) is 0 Å². The monoisotopic (exact) mass is 258 g/mol. The Labute approximate surface area is 112 Å². The summed E-state index contributed by atoms with van der Waals surface area (Å²) in [5.41, 5.74) is 3.47. The van der Waals surface area contributed by atoms with E-state index in [-0.39, 0.29) is 11.8 Å². The number of aryl methyl sites for hydroxylation is 1. The number of carbonyl (C=O) groups excluding carboxylic acids is 2. The molecule has 19 heavy (non-hydrogen) atoms. The molecule has 2 aliphatic rings. The fourth-order valence-electron chi connectivity index (χ4n) is 2.86. The highest BCUT2D eigenvalue weighted by atomic mass is 16.2. The lowest BCUT2D eigenvalue weighted by atomic mass is 9.98. The minimum atomic E-state index is -0.0373. The summed E-state index contributed by atoms with van der Waals surface area (Å²) in [6.45, 7) is 1.37. The summed E-state index contributed by atoms with van der Waals surface area (Å²) >= 11 is 0. The van der Waals surface area contributed by atoms with Crippen molar-refractivity contribution >= 4 is 17.5 Å². The van der Waals surface area contributed by atoms with Crippen LogP contribution in [0.5, 0.6) is 0 Å². The maximum atomic E-state index is 11.9. The van der Waals surface area contributed by atoms with Crippen LogP contribution in [0.25, 0.3) is 0 Å². The molecule has 4 nitrogen and oxygen atoms in total. The molecule has 1 fully saturated rings. The summed E-state index contributed by atoms with van der Waals surface area (Å²) in [5, 5.41) is 3.40. The summed E-state index contributed by atoms with van der Waals surface area (Å²) < 4.78 is 0. The van der Waals surface area contributed by atoms with E-state index in [1.165, 1.54) is 10.5 Å². The molecule has 1 aromatic rings. The van der Waals surface area contributed by atoms with Gasteiger partial charge in [0.05, 0.1) is 6.54 Å². The molecule has 0 atom stereocenters. The Morgan fingerprint density at radius 1 is 1.05 bits per heavy atom. The van der Waals surface area contributed by atoms with Crippen LogP contribution in [-0.4, -0.2) is 23.3 Å². The van der Waals surface area contributed by atoms with Crippen LogP contribution in [0.1, 0.15) is 36.8 Å². The number of rotatable bonds is 2. The van der Waals surface area contributed by atoms with E-state index >= 15 is 0 Å². The van der Waals surface area contributed by atoms with E-state index in [1.807, 2.05) is 12.1 Å². The van der Waals surface area contributed by atoms with Crippen LogP contribution in [-0.2, 0) is 22.6 Å². The molecule has 2 heterocycles. The number of benzene rings is 1. The minimum absolute atomic E-state index is 0.0373. The second-order valence-corrected chi connectivity index (χ2v) is 5.21.